The Labute approximate surface area is 104 Å². The molecule has 2 rings (SSSR count). The van der Waals surface area contributed by atoms with Gasteiger partial charge in [0.05, 0.1) is 6.10 Å². The van der Waals surface area contributed by atoms with E-state index in [1.54, 1.807) is 7.11 Å². The van der Waals surface area contributed by atoms with Gasteiger partial charge in [-0.05, 0) is 25.2 Å². The minimum absolute atomic E-state index is 0.0777. The van der Waals surface area contributed by atoms with Gasteiger partial charge in [0, 0.05) is 25.0 Å². The molecule has 1 spiro atoms. The van der Waals surface area contributed by atoms with E-state index in [1.807, 2.05) is 0 Å². The third kappa shape index (κ3) is 2.35. The van der Waals surface area contributed by atoms with Gasteiger partial charge in [-0.3, -0.25) is 4.79 Å². The largest absolute Gasteiger partial charge is 0.381 e. The summed E-state index contributed by atoms with van der Waals surface area (Å²) in [6.07, 6.45) is 6.74. The van der Waals surface area contributed by atoms with Gasteiger partial charge in [-0.2, -0.15) is 0 Å². The molecular formula is C14H25NO2. The van der Waals surface area contributed by atoms with E-state index in [9.17, 15) is 4.79 Å². The van der Waals surface area contributed by atoms with Crippen molar-refractivity contribution in [1.29, 1.82) is 0 Å². The molecule has 0 bridgehead atoms. The smallest absolute Gasteiger partial charge is 0.220 e. The first-order chi connectivity index (χ1) is 8.08. The molecule has 98 valence electrons. The van der Waals surface area contributed by atoms with Crippen LogP contribution in [0.4, 0.5) is 0 Å². The Hall–Kier alpha value is -0.570. The Bertz CT molecular complexity index is 290. The second-order valence-electron chi connectivity index (χ2n) is 6.13. The van der Waals surface area contributed by atoms with Gasteiger partial charge in [0.15, 0.2) is 0 Å². The van der Waals surface area contributed by atoms with Crippen LogP contribution in [0.5, 0.6) is 0 Å². The van der Waals surface area contributed by atoms with Gasteiger partial charge in [0.25, 0.3) is 0 Å². The van der Waals surface area contributed by atoms with Crippen LogP contribution in [0.1, 0.15) is 52.4 Å². The molecule has 0 radical (unpaired) electrons. The first-order valence-electron chi connectivity index (χ1n) is 6.90. The van der Waals surface area contributed by atoms with Crippen molar-refractivity contribution in [3.05, 3.63) is 0 Å². The van der Waals surface area contributed by atoms with Gasteiger partial charge < -0.3 is 10.1 Å². The van der Waals surface area contributed by atoms with Crippen LogP contribution >= 0.6 is 0 Å². The summed E-state index contributed by atoms with van der Waals surface area (Å²) in [4.78, 5) is 11.8. The number of methoxy groups -OCH3 is 1. The zero-order valence-electron chi connectivity index (χ0n) is 11.3. The molecule has 1 saturated heterocycles. The molecule has 1 aliphatic carbocycles. The monoisotopic (exact) mass is 239 g/mol. The number of carbonyl (C=O) groups excluding carboxylic acids is 1. The molecule has 17 heavy (non-hydrogen) atoms. The molecule has 3 unspecified atom stereocenters. The Morgan fingerprint density at radius 2 is 2.24 bits per heavy atom. The number of ether oxygens (including phenoxy) is 1. The van der Waals surface area contributed by atoms with E-state index in [-0.39, 0.29) is 17.4 Å². The molecule has 1 heterocycles. The van der Waals surface area contributed by atoms with Crippen molar-refractivity contribution >= 4 is 5.91 Å². The summed E-state index contributed by atoms with van der Waals surface area (Å²) in [5, 5.41) is 3.19. The molecule has 3 nitrogen and oxygen atoms in total. The molecule has 1 N–H and O–H groups in total. The normalized spacial score (nSPS) is 37.8. The average Bonchev–Trinajstić information content (AvgIpc) is 2.55. The van der Waals surface area contributed by atoms with Gasteiger partial charge in [0.2, 0.25) is 5.91 Å². The molecule has 1 amide bonds. The fourth-order valence-electron chi connectivity index (χ4n) is 3.76. The molecule has 2 aliphatic rings. The van der Waals surface area contributed by atoms with Crippen molar-refractivity contribution in [2.24, 2.45) is 11.3 Å². The van der Waals surface area contributed by atoms with E-state index in [0.717, 1.165) is 19.3 Å². The number of carbonyl (C=O) groups is 1. The molecule has 3 atom stereocenters. The molecule has 1 saturated carbocycles. The van der Waals surface area contributed by atoms with Crippen LogP contribution < -0.4 is 5.32 Å². The van der Waals surface area contributed by atoms with E-state index in [0.29, 0.717) is 18.4 Å². The number of nitrogens with one attached hydrogen (secondary N) is 1. The maximum Gasteiger partial charge on any atom is 0.220 e. The van der Waals surface area contributed by atoms with Crippen LogP contribution in [0.25, 0.3) is 0 Å². The number of amides is 1. The highest BCUT2D eigenvalue weighted by molar-refractivity contribution is 5.80. The van der Waals surface area contributed by atoms with Gasteiger partial charge in [0.1, 0.15) is 0 Å². The van der Waals surface area contributed by atoms with Crippen molar-refractivity contribution < 1.29 is 9.53 Å². The van der Waals surface area contributed by atoms with E-state index >= 15 is 0 Å². The molecule has 0 aromatic carbocycles. The predicted octanol–water partition coefficient (Wildman–Crippen LogP) is 2.50. The minimum Gasteiger partial charge on any atom is -0.381 e. The molecule has 1 aliphatic heterocycles. The van der Waals surface area contributed by atoms with Crippen molar-refractivity contribution in [3.8, 4) is 0 Å². The molecule has 3 heteroatoms. The average molecular weight is 239 g/mol. The lowest BCUT2D eigenvalue weighted by Gasteiger charge is -2.44. The zero-order valence-corrected chi connectivity index (χ0v) is 11.3. The van der Waals surface area contributed by atoms with Crippen LogP contribution in [-0.2, 0) is 9.53 Å². The lowest BCUT2D eigenvalue weighted by Crippen LogP contribution is -2.48. The summed E-state index contributed by atoms with van der Waals surface area (Å²) >= 11 is 0. The lowest BCUT2D eigenvalue weighted by molar-refractivity contribution is -0.121. The van der Waals surface area contributed by atoms with Crippen LogP contribution in [-0.4, -0.2) is 25.2 Å². The maximum absolute atomic E-state index is 11.8. The highest BCUT2D eigenvalue weighted by Gasteiger charge is 2.52. The van der Waals surface area contributed by atoms with Crippen molar-refractivity contribution in [1.82, 2.24) is 5.32 Å². The predicted molar refractivity (Wildman–Crippen MR) is 67.7 cm³/mol. The highest BCUT2D eigenvalue weighted by atomic mass is 16.5. The van der Waals surface area contributed by atoms with E-state index in [1.165, 1.54) is 12.8 Å². The zero-order chi connectivity index (χ0) is 12.5. The Morgan fingerprint density at radius 3 is 2.88 bits per heavy atom. The quantitative estimate of drug-likeness (QED) is 0.821. The molecular weight excluding hydrogens is 214 g/mol. The lowest BCUT2D eigenvalue weighted by atomic mass is 9.65. The van der Waals surface area contributed by atoms with Crippen LogP contribution in [0, 0.1) is 11.3 Å². The molecule has 0 aromatic heterocycles. The van der Waals surface area contributed by atoms with Gasteiger partial charge in [-0.25, -0.2) is 0 Å². The number of hydrogen-bond acceptors (Lipinski definition) is 2. The maximum atomic E-state index is 11.8. The third-order valence-electron chi connectivity index (χ3n) is 4.51. The molecule has 0 aromatic rings. The second-order valence-corrected chi connectivity index (χ2v) is 6.13. The summed E-state index contributed by atoms with van der Waals surface area (Å²) in [7, 11) is 1.80. The van der Waals surface area contributed by atoms with Crippen molar-refractivity contribution in [3.63, 3.8) is 0 Å². The molecule has 2 fully saturated rings. The standard InChI is InChI=1S/C14H25NO2/c1-10(2)8-11-14(9-13(16)15-11)7-5-4-6-12(14)17-3/h10-12H,4-9H2,1-3H3,(H,15,16). The first-order valence-corrected chi connectivity index (χ1v) is 6.90. The van der Waals surface area contributed by atoms with E-state index in [4.69, 9.17) is 4.74 Å². The fraction of sp³-hybridized carbons (Fsp3) is 0.929. The minimum atomic E-state index is 0.0777. The number of hydrogen-bond donors (Lipinski definition) is 1. The summed E-state index contributed by atoms with van der Waals surface area (Å²) in [6.45, 7) is 4.45. The third-order valence-corrected chi connectivity index (χ3v) is 4.51. The van der Waals surface area contributed by atoms with Gasteiger partial charge >= 0.3 is 0 Å². The number of rotatable bonds is 3. The Morgan fingerprint density at radius 1 is 1.47 bits per heavy atom. The van der Waals surface area contributed by atoms with Crippen molar-refractivity contribution in [2.45, 2.75) is 64.5 Å². The second kappa shape index (κ2) is 4.97. The van der Waals surface area contributed by atoms with Crippen LogP contribution in [0.2, 0.25) is 0 Å². The van der Waals surface area contributed by atoms with E-state index < -0.39 is 0 Å². The summed E-state index contributed by atoms with van der Waals surface area (Å²) in [5.41, 5.74) is 0.0777. The fourth-order valence-corrected chi connectivity index (χ4v) is 3.76. The van der Waals surface area contributed by atoms with E-state index in [2.05, 4.69) is 19.2 Å². The van der Waals surface area contributed by atoms with Crippen molar-refractivity contribution in [2.75, 3.05) is 7.11 Å². The summed E-state index contributed by atoms with van der Waals surface area (Å²) in [5.74, 6) is 0.842. The van der Waals surface area contributed by atoms with Gasteiger partial charge in [-0.1, -0.05) is 26.7 Å². The van der Waals surface area contributed by atoms with Crippen LogP contribution in [0.15, 0.2) is 0 Å². The summed E-state index contributed by atoms with van der Waals surface area (Å²) in [6, 6.07) is 0.320. The first kappa shape index (κ1) is 12.9. The summed E-state index contributed by atoms with van der Waals surface area (Å²) < 4.78 is 5.70. The Kier molecular flexibility index (Phi) is 3.76. The topological polar surface area (TPSA) is 38.3 Å². The van der Waals surface area contributed by atoms with Gasteiger partial charge in [-0.15, -0.1) is 0 Å². The SMILES string of the molecule is COC1CCCCC12CC(=O)NC2CC(C)C. The highest BCUT2D eigenvalue weighted by Crippen LogP contribution is 2.48. The van der Waals surface area contributed by atoms with Crippen LogP contribution in [0.3, 0.4) is 0 Å². The Balaban J connectivity index is 2.20.